The van der Waals surface area contributed by atoms with Crippen LogP contribution in [0, 0.1) is 0 Å². The molecule has 2 heterocycles. The van der Waals surface area contributed by atoms with E-state index in [-0.39, 0.29) is 18.0 Å². The van der Waals surface area contributed by atoms with E-state index in [1.807, 2.05) is 0 Å². The van der Waals surface area contributed by atoms with Crippen LogP contribution in [0.3, 0.4) is 0 Å². The highest BCUT2D eigenvalue weighted by Crippen LogP contribution is 2.39. The second-order valence-corrected chi connectivity index (χ2v) is 3.25. The number of rotatable bonds is 1. The van der Waals surface area contributed by atoms with Crippen molar-refractivity contribution in [3.05, 3.63) is 12.4 Å². The molecule has 2 rings (SSSR count). The van der Waals surface area contributed by atoms with Crippen molar-refractivity contribution in [2.75, 3.05) is 19.0 Å². The summed E-state index contributed by atoms with van der Waals surface area (Å²) < 4.78 is 47.1. The molecule has 16 heavy (non-hydrogen) atoms. The number of hydrogen-bond donors (Lipinski definition) is 1. The van der Waals surface area contributed by atoms with Crippen molar-refractivity contribution in [1.29, 1.82) is 0 Å². The number of alkyl halides is 3. The maximum Gasteiger partial charge on any atom is 0.427 e. The molecule has 1 aromatic heterocycles. The lowest BCUT2D eigenvalue weighted by atomic mass is 10.2. The van der Waals surface area contributed by atoms with E-state index < -0.39 is 12.3 Å². The van der Waals surface area contributed by atoms with Gasteiger partial charge in [-0.3, -0.25) is 4.98 Å². The van der Waals surface area contributed by atoms with Gasteiger partial charge in [0.15, 0.2) is 11.5 Å². The number of nitrogens with one attached hydrogen (secondary N) is 1. The van der Waals surface area contributed by atoms with Crippen LogP contribution >= 0.6 is 0 Å². The van der Waals surface area contributed by atoms with Crippen LogP contribution in [0.25, 0.3) is 0 Å². The van der Waals surface area contributed by atoms with Gasteiger partial charge in [0.1, 0.15) is 0 Å². The van der Waals surface area contributed by atoms with Crippen LogP contribution in [0.5, 0.6) is 11.5 Å². The van der Waals surface area contributed by atoms with Crippen molar-refractivity contribution < 1.29 is 22.6 Å². The predicted octanol–water partition coefficient (Wildman–Crippen LogP) is 1.83. The van der Waals surface area contributed by atoms with E-state index in [1.54, 1.807) is 0 Å². The van der Waals surface area contributed by atoms with Crippen molar-refractivity contribution >= 4 is 5.69 Å². The van der Waals surface area contributed by atoms with E-state index in [0.717, 1.165) is 0 Å². The van der Waals surface area contributed by atoms with Crippen molar-refractivity contribution in [3.8, 4) is 11.5 Å². The molecule has 1 unspecified atom stereocenters. The number of halogens is 3. The molecule has 1 atom stereocenters. The molecule has 1 N–H and O–H groups in total. The Balaban J connectivity index is 2.31. The molecule has 0 aromatic carbocycles. The number of anilines is 1. The maximum atomic E-state index is 12.4. The SMILES string of the molecule is COc1cncc2c1OC(C(F)(F)F)CN2. The third-order valence-electron chi connectivity index (χ3n) is 2.19. The van der Waals surface area contributed by atoms with E-state index in [1.165, 1.54) is 19.5 Å². The summed E-state index contributed by atoms with van der Waals surface area (Å²) in [5, 5.41) is 2.61. The Morgan fingerprint density at radius 2 is 2.25 bits per heavy atom. The van der Waals surface area contributed by atoms with E-state index >= 15 is 0 Å². The largest absolute Gasteiger partial charge is 0.491 e. The molecule has 1 aromatic rings. The lowest BCUT2D eigenvalue weighted by molar-refractivity contribution is -0.192. The summed E-state index contributed by atoms with van der Waals surface area (Å²) in [6, 6.07) is 0. The van der Waals surface area contributed by atoms with Gasteiger partial charge in [-0.15, -0.1) is 0 Å². The van der Waals surface area contributed by atoms with Gasteiger partial charge in [0.25, 0.3) is 0 Å². The Kier molecular flexibility index (Phi) is 2.53. The van der Waals surface area contributed by atoms with E-state index in [9.17, 15) is 13.2 Å². The Hall–Kier alpha value is -1.66. The number of fused-ring (bicyclic) bond motifs is 1. The number of aromatic nitrogens is 1. The quantitative estimate of drug-likeness (QED) is 0.805. The number of methoxy groups -OCH3 is 1. The molecule has 0 bridgehead atoms. The van der Waals surface area contributed by atoms with Gasteiger partial charge in [0, 0.05) is 0 Å². The van der Waals surface area contributed by atoms with Crippen LogP contribution in [-0.4, -0.2) is 30.9 Å². The first-order valence-electron chi connectivity index (χ1n) is 4.51. The first kappa shape index (κ1) is 10.8. The lowest BCUT2D eigenvalue weighted by Crippen LogP contribution is -2.42. The van der Waals surface area contributed by atoms with Crippen LogP contribution in [0.1, 0.15) is 0 Å². The van der Waals surface area contributed by atoms with Crippen LogP contribution in [0.2, 0.25) is 0 Å². The Morgan fingerprint density at radius 3 is 2.88 bits per heavy atom. The minimum atomic E-state index is -4.40. The number of pyridine rings is 1. The molecule has 0 fully saturated rings. The molecular formula is C9H9F3N2O2. The van der Waals surface area contributed by atoms with Gasteiger partial charge >= 0.3 is 6.18 Å². The summed E-state index contributed by atoms with van der Waals surface area (Å²) >= 11 is 0. The smallest absolute Gasteiger partial charge is 0.427 e. The molecule has 0 radical (unpaired) electrons. The zero-order valence-corrected chi connectivity index (χ0v) is 8.34. The van der Waals surface area contributed by atoms with Crippen molar-refractivity contribution in [2.45, 2.75) is 12.3 Å². The molecular weight excluding hydrogens is 225 g/mol. The van der Waals surface area contributed by atoms with Crippen LogP contribution in [0.4, 0.5) is 18.9 Å². The molecule has 7 heteroatoms. The molecule has 0 saturated heterocycles. The third-order valence-corrected chi connectivity index (χ3v) is 2.19. The molecule has 1 aliphatic rings. The highest BCUT2D eigenvalue weighted by molar-refractivity contribution is 5.62. The van der Waals surface area contributed by atoms with Gasteiger partial charge < -0.3 is 14.8 Å². The highest BCUT2D eigenvalue weighted by atomic mass is 19.4. The van der Waals surface area contributed by atoms with Gasteiger partial charge in [-0.05, 0) is 0 Å². The van der Waals surface area contributed by atoms with Gasteiger partial charge in [-0.25, -0.2) is 0 Å². The van der Waals surface area contributed by atoms with Crippen molar-refractivity contribution in [3.63, 3.8) is 0 Å². The zero-order valence-electron chi connectivity index (χ0n) is 8.34. The molecule has 1 aliphatic heterocycles. The van der Waals surface area contributed by atoms with Crippen LogP contribution < -0.4 is 14.8 Å². The Labute approximate surface area is 89.4 Å². The van der Waals surface area contributed by atoms with Gasteiger partial charge in [-0.1, -0.05) is 0 Å². The number of hydrogen-bond acceptors (Lipinski definition) is 4. The number of nitrogens with zero attached hydrogens (tertiary/aromatic N) is 1. The Morgan fingerprint density at radius 1 is 1.50 bits per heavy atom. The average molecular weight is 234 g/mol. The topological polar surface area (TPSA) is 43.4 Å². The Bertz CT molecular complexity index is 381. The first-order chi connectivity index (χ1) is 7.52. The summed E-state index contributed by atoms with van der Waals surface area (Å²) in [6.45, 7) is -0.328. The molecule has 0 spiro atoms. The van der Waals surface area contributed by atoms with Gasteiger partial charge in [-0.2, -0.15) is 13.2 Å². The van der Waals surface area contributed by atoms with E-state index in [2.05, 4.69) is 10.3 Å². The minimum absolute atomic E-state index is 0.0473. The van der Waals surface area contributed by atoms with Crippen LogP contribution in [0.15, 0.2) is 12.4 Å². The lowest BCUT2D eigenvalue weighted by Gasteiger charge is -2.29. The third kappa shape index (κ3) is 1.84. The standard InChI is InChI=1S/C9H9F3N2O2/c1-15-6-3-13-2-5-8(6)16-7(4-14-5)9(10,11)12/h2-3,7,14H,4H2,1H3. The van der Waals surface area contributed by atoms with Crippen molar-refractivity contribution in [1.82, 2.24) is 4.98 Å². The summed E-state index contributed by atoms with van der Waals surface area (Å²) in [5.41, 5.74) is 0.403. The predicted molar refractivity (Wildman–Crippen MR) is 49.7 cm³/mol. The minimum Gasteiger partial charge on any atom is -0.491 e. The van der Waals surface area contributed by atoms with Crippen molar-refractivity contribution in [2.24, 2.45) is 0 Å². The van der Waals surface area contributed by atoms with Gasteiger partial charge in [0.05, 0.1) is 31.7 Å². The zero-order chi connectivity index (χ0) is 11.8. The summed E-state index contributed by atoms with van der Waals surface area (Å²) in [4.78, 5) is 3.81. The molecule has 0 aliphatic carbocycles. The summed E-state index contributed by atoms with van der Waals surface area (Å²) in [6.07, 6.45) is -3.57. The second-order valence-electron chi connectivity index (χ2n) is 3.25. The fourth-order valence-electron chi connectivity index (χ4n) is 1.39. The van der Waals surface area contributed by atoms with Crippen LogP contribution in [-0.2, 0) is 0 Å². The number of ether oxygens (including phenoxy) is 2. The maximum absolute atomic E-state index is 12.4. The summed E-state index contributed by atoms with van der Waals surface area (Å²) in [5.74, 6) is 0.227. The second kappa shape index (κ2) is 3.73. The fraction of sp³-hybridized carbons (Fsp3) is 0.444. The molecule has 0 saturated carbocycles. The molecule has 4 nitrogen and oxygen atoms in total. The fourth-order valence-corrected chi connectivity index (χ4v) is 1.39. The summed E-state index contributed by atoms with van der Waals surface area (Å²) in [7, 11) is 1.35. The first-order valence-corrected chi connectivity index (χ1v) is 4.51. The van der Waals surface area contributed by atoms with E-state index in [4.69, 9.17) is 9.47 Å². The van der Waals surface area contributed by atoms with E-state index in [0.29, 0.717) is 5.69 Å². The highest BCUT2D eigenvalue weighted by Gasteiger charge is 2.44. The monoisotopic (exact) mass is 234 g/mol. The van der Waals surface area contributed by atoms with Gasteiger partial charge in [0.2, 0.25) is 6.10 Å². The normalized spacial score (nSPS) is 19.4. The molecule has 88 valence electrons. The molecule has 0 amide bonds. The average Bonchev–Trinajstić information content (AvgIpc) is 2.26.